The van der Waals surface area contributed by atoms with Crippen LogP contribution in [-0.2, 0) is 14.4 Å². The van der Waals surface area contributed by atoms with E-state index in [1.165, 1.54) is 11.8 Å². The Morgan fingerprint density at radius 2 is 1.73 bits per heavy atom. The number of allylic oxidation sites excluding steroid dienone is 2. The van der Waals surface area contributed by atoms with Gasteiger partial charge >= 0.3 is 5.97 Å². The lowest BCUT2D eigenvalue weighted by Gasteiger charge is -2.24. The lowest BCUT2D eigenvalue weighted by atomic mass is 9.82. The van der Waals surface area contributed by atoms with E-state index in [1.54, 1.807) is 49.5 Å². The molecule has 0 radical (unpaired) electrons. The highest BCUT2D eigenvalue weighted by Crippen LogP contribution is 2.29. The standard InChI is InChI=1S/C22H23N3O4S/c1-14(20(26)25-19-8-4-5-13-23-19)30-16-11-9-15(10-12-16)24-21(27)17-6-2-3-7-18(17)22(28)29/h2-5,8-14,17-18H,6-7H2,1H3,(H,24,27)(H,28,29)(H,23,25,26). The van der Waals surface area contributed by atoms with Crippen LogP contribution in [0, 0.1) is 11.8 Å². The number of benzene rings is 1. The number of hydrogen-bond acceptors (Lipinski definition) is 5. The maximum atomic E-state index is 12.5. The maximum absolute atomic E-state index is 12.5. The molecule has 1 aliphatic rings. The monoisotopic (exact) mass is 425 g/mol. The number of nitrogens with zero attached hydrogens (tertiary/aromatic N) is 1. The molecule has 3 atom stereocenters. The Morgan fingerprint density at radius 3 is 2.37 bits per heavy atom. The molecule has 0 saturated heterocycles. The molecule has 7 nitrogen and oxygen atoms in total. The summed E-state index contributed by atoms with van der Waals surface area (Å²) in [6, 6.07) is 12.4. The molecule has 2 aromatic rings. The Morgan fingerprint density at radius 1 is 1.03 bits per heavy atom. The van der Waals surface area contributed by atoms with Crippen LogP contribution in [0.4, 0.5) is 11.5 Å². The fourth-order valence-electron chi connectivity index (χ4n) is 3.15. The molecular formula is C22H23N3O4S. The quantitative estimate of drug-likeness (QED) is 0.460. The van der Waals surface area contributed by atoms with Crippen molar-refractivity contribution in [1.29, 1.82) is 0 Å². The predicted octanol–water partition coefficient (Wildman–Crippen LogP) is 3.81. The van der Waals surface area contributed by atoms with Crippen LogP contribution in [-0.4, -0.2) is 33.1 Å². The SMILES string of the molecule is CC(Sc1ccc(NC(=O)C2CC=CCC2C(=O)O)cc1)C(=O)Nc1ccccn1. The van der Waals surface area contributed by atoms with Gasteiger partial charge in [-0.15, -0.1) is 11.8 Å². The molecule has 1 heterocycles. The van der Waals surface area contributed by atoms with Gasteiger partial charge in [-0.1, -0.05) is 18.2 Å². The van der Waals surface area contributed by atoms with E-state index >= 15 is 0 Å². The fraction of sp³-hybridized carbons (Fsp3) is 0.273. The third-order valence-electron chi connectivity index (χ3n) is 4.81. The summed E-state index contributed by atoms with van der Waals surface area (Å²) in [5.74, 6) is -2.19. The van der Waals surface area contributed by atoms with E-state index in [4.69, 9.17) is 0 Å². The zero-order valence-electron chi connectivity index (χ0n) is 16.4. The number of nitrogens with one attached hydrogen (secondary N) is 2. The lowest BCUT2D eigenvalue weighted by molar-refractivity contribution is -0.146. The molecule has 3 N–H and O–H groups in total. The number of carboxylic acids is 1. The Bertz CT molecular complexity index is 931. The van der Waals surface area contributed by atoms with Crippen molar-refractivity contribution in [2.75, 3.05) is 10.6 Å². The molecule has 1 aromatic carbocycles. The van der Waals surface area contributed by atoms with E-state index in [-0.39, 0.29) is 17.1 Å². The van der Waals surface area contributed by atoms with E-state index in [9.17, 15) is 19.5 Å². The van der Waals surface area contributed by atoms with Crippen molar-refractivity contribution in [3.63, 3.8) is 0 Å². The van der Waals surface area contributed by atoms with Crippen LogP contribution in [0.5, 0.6) is 0 Å². The normalized spacial score (nSPS) is 19.0. The summed E-state index contributed by atoms with van der Waals surface area (Å²) < 4.78 is 0. The number of aliphatic carboxylic acids is 1. The smallest absolute Gasteiger partial charge is 0.307 e. The van der Waals surface area contributed by atoms with Gasteiger partial charge < -0.3 is 15.7 Å². The number of carbonyl (C=O) groups is 3. The number of anilines is 2. The second-order valence-electron chi connectivity index (χ2n) is 6.97. The third kappa shape index (κ3) is 5.70. The minimum atomic E-state index is -0.954. The third-order valence-corrected chi connectivity index (χ3v) is 5.92. The Balaban J connectivity index is 1.55. The molecule has 0 aliphatic heterocycles. The molecule has 0 fully saturated rings. The van der Waals surface area contributed by atoms with Crippen LogP contribution in [0.25, 0.3) is 0 Å². The first-order chi connectivity index (χ1) is 14.4. The summed E-state index contributed by atoms with van der Waals surface area (Å²) in [6.45, 7) is 1.81. The lowest BCUT2D eigenvalue weighted by Crippen LogP contribution is -2.34. The van der Waals surface area contributed by atoms with Gasteiger partial charge in [0.15, 0.2) is 0 Å². The van der Waals surface area contributed by atoms with Gasteiger partial charge in [-0.2, -0.15) is 0 Å². The van der Waals surface area contributed by atoms with E-state index < -0.39 is 17.8 Å². The number of pyridine rings is 1. The Labute approximate surface area is 179 Å². The zero-order chi connectivity index (χ0) is 21.5. The van der Waals surface area contributed by atoms with Gasteiger partial charge in [0.25, 0.3) is 0 Å². The minimum Gasteiger partial charge on any atom is -0.481 e. The summed E-state index contributed by atoms with van der Waals surface area (Å²) in [5.41, 5.74) is 0.591. The Kier molecular flexibility index (Phi) is 7.24. The van der Waals surface area contributed by atoms with Crippen molar-refractivity contribution in [1.82, 2.24) is 4.98 Å². The number of rotatable bonds is 7. The van der Waals surface area contributed by atoms with Crippen molar-refractivity contribution >= 4 is 41.1 Å². The average Bonchev–Trinajstić information content (AvgIpc) is 2.75. The first kappa shape index (κ1) is 21.6. The molecule has 0 saturated carbocycles. The second kappa shape index (κ2) is 10.1. The van der Waals surface area contributed by atoms with Gasteiger partial charge in [0.2, 0.25) is 11.8 Å². The number of aromatic nitrogens is 1. The molecule has 1 aliphatic carbocycles. The molecular weight excluding hydrogens is 402 g/mol. The molecule has 156 valence electrons. The first-order valence-electron chi connectivity index (χ1n) is 9.61. The molecule has 3 rings (SSSR count). The molecule has 0 bridgehead atoms. The van der Waals surface area contributed by atoms with Gasteiger partial charge in [0.05, 0.1) is 17.1 Å². The summed E-state index contributed by atoms with van der Waals surface area (Å²) >= 11 is 1.39. The van der Waals surface area contributed by atoms with E-state index in [0.717, 1.165) is 4.90 Å². The molecule has 1 aromatic heterocycles. The van der Waals surface area contributed by atoms with E-state index in [1.807, 2.05) is 18.2 Å². The molecule has 0 spiro atoms. The number of carbonyl (C=O) groups excluding carboxylic acids is 2. The summed E-state index contributed by atoms with van der Waals surface area (Å²) in [6.07, 6.45) is 6.05. The highest BCUT2D eigenvalue weighted by atomic mass is 32.2. The highest BCUT2D eigenvalue weighted by molar-refractivity contribution is 8.00. The molecule has 8 heteroatoms. The number of carboxylic acid groups (broad SMARTS) is 1. The van der Waals surface area contributed by atoms with Crippen LogP contribution < -0.4 is 10.6 Å². The van der Waals surface area contributed by atoms with Gasteiger partial charge in [0.1, 0.15) is 5.82 Å². The maximum Gasteiger partial charge on any atom is 0.307 e. The van der Waals surface area contributed by atoms with Crippen molar-refractivity contribution < 1.29 is 19.5 Å². The second-order valence-corrected chi connectivity index (χ2v) is 8.39. The minimum absolute atomic E-state index is 0.152. The number of thioether (sulfide) groups is 1. The van der Waals surface area contributed by atoms with Crippen LogP contribution in [0.15, 0.2) is 65.7 Å². The summed E-state index contributed by atoms with van der Waals surface area (Å²) in [7, 11) is 0. The Hall–Kier alpha value is -3.13. The van der Waals surface area contributed by atoms with Crippen molar-refractivity contribution in [3.05, 3.63) is 60.8 Å². The van der Waals surface area contributed by atoms with Crippen LogP contribution >= 0.6 is 11.8 Å². The zero-order valence-corrected chi connectivity index (χ0v) is 17.3. The first-order valence-corrected chi connectivity index (χ1v) is 10.5. The van der Waals surface area contributed by atoms with Crippen LogP contribution in [0.2, 0.25) is 0 Å². The van der Waals surface area contributed by atoms with Crippen molar-refractivity contribution in [2.45, 2.75) is 29.9 Å². The van der Waals surface area contributed by atoms with Gasteiger partial charge in [-0.3, -0.25) is 14.4 Å². The average molecular weight is 426 g/mol. The summed E-state index contributed by atoms with van der Waals surface area (Å²) in [4.78, 5) is 41.2. The van der Waals surface area contributed by atoms with Crippen molar-refractivity contribution in [3.8, 4) is 0 Å². The van der Waals surface area contributed by atoms with E-state index in [0.29, 0.717) is 24.3 Å². The molecule has 3 unspecified atom stereocenters. The van der Waals surface area contributed by atoms with Crippen molar-refractivity contribution in [2.24, 2.45) is 11.8 Å². The predicted molar refractivity (Wildman–Crippen MR) is 116 cm³/mol. The van der Waals surface area contributed by atoms with Gasteiger partial charge in [-0.05, 0) is 56.2 Å². The number of amides is 2. The van der Waals surface area contributed by atoms with E-state index in [2.05, 4.69) is 15.6 Å². The molecule has 30 heavy (non-hydrogen) atoms. The largest absolute Gasteiger partial charge is 0.481 e. The number of hydrogen-bond donors (Lipinski definition) is 3. The van der Waals surface area contributed by atoms with Gasteiger partial charge in [0, 0.05) is 16.8 Å². The highest BCUT2D eigenvalue weighted by Gasteiger charge is 2.33. The van der Waals surface area contributed by atoms with Crippen LogP contribution in [0.3, 0.4) is 0 Å². The topological polar surface area (TPSA) is 108 Å². The summed E-state index contributed by atoms with van der Waals surface area (Å²) in [5, 5.41) is 14.6. The fourth-order valence-corrected chi connectivity index (χ4v) is 4.02. The van der Waals surface area contributed by atoms with Gasteiger partial charge in [-0.25, -0.2) is 4.98 Å². The van der Waals surface area contributed by atoms with Crippen LogP contribution in [0.1, 0.15) is 19.8 Å². The molecule has 2 amide bonds.